The summed E-state index contributed by atoms with van der Waals surface area (Å²) in [5.41, 5.74) is 0. The Kier molecular flexibility index (Phi) is 27.3. The lowest BCUT2D eigenvalue weighted by atomic mass is 10.2. The second kappa shape index (κ2) is 27.5. The van der Waals surface area contributed by atoms with Gasteiger partial charge < -0.3 is 47.4 Å². The van der Waals surface area contributed by atoms with E-state index in [2.05, 4.69) is 27.7 Å². The van der Waals surface area contributed by atoms with Crippen LogP contribution in [-0.4, -0.2) is 128 Å². The van der Waals surface area contributed by atoms with Gasteiger partial charge in [-0.1, -0.05) is 27.7 Å². The SMILES string of the molecule is CC(C)COCC(C)OCC(C)OCC(C)OCC(C)OCC(C)OCC(C)OCC(C)OCC(C)OCC(C)OCC(C)C. The topological polar surface area (TPSA) is 92.3 Å². The highest BCUT2D eigenvalue weighted by Gasteiger charge is 2.15. The minimum absolute atomic E-state index is 0.00782. The van der Waals surface area contributed by atoms with E-state index in [1.54, 1.807) is 0 Å². The molecule has 0 aromatic heterocycles. The lowest BCUT2D eigenvalue weighted by Gasteiger charge is -2.23. The van der Waals surface area contributed by atoms with Gasteiger partial charge in [-0.2, -0.15) is 0 Å². The minimum Gasteiger partial charge on any atom is -0.379 e. The second-order valence-electron chi connectivity index (χ2n) is 13.6. The van der Waals surface area contributed by atoms with Crippen LogP contribution in [-0.2, 0) is 47.4 Å². The molecular formula is C35H72O10. The van der Waals surface area contributed by atoms with Crippen molar-refractivity contribution in [3.8, 4) is 0 Å². The summed E-state index contributed by atoms with van der Waals surface area (Å²) < 4.78 is 58.5. The molecule has 272 valence electrons. The van der Waals surface area contributed by atoms with E-state index >= 15 is 0 Å². The van der Waals surface area contributed by atoms with E-state index in [9.17, 15) is 0 Å². The van der Waals surface area contributed by atoms with Crippen LogP contribution in [0.1, 0.15) is 90.0 Å². The standard InChI is InChI=1S/C35H72O10/c1-25(2)14-36-16-27(5)38-18-29(7)40-20-31(9)42-22-33(11)44-24-35(13)45-23-34(12)43-21-32(10)41-19-30(8)39-17-28(6)37-15-26(3)4/h25-35H,14-24H2,1-13H3. The van der Waals surface area contributed by atoms with Crippen LogP contribution in [0.3, 0.4) is 0 Å². The van der Waals surface area contributed by atoms with Crippen molar-refractivity contribution >= 4 is 0 Å². The van der Waals surface area contributed by atoms with Crippen LogP contribution in [0, 0.1) is 11.8 Å². The van der Waals surface area contributed by atoms with Crippen LogP contribution in [0.25, 0.3) is 0 Å². The summed E-state index contributed by atoms with van der Waals surface area (Å²) in [6.45, 7) is 32.7. The van der Waals surface area contributed by atoms with Gasteiger partial charge in [0.05, 0.1) is 114 Å². The Balaban J connectivity index is 3.89. The normalized spacial score (nSPS) is 18.5. The van der Waals surface area contributed by atoms with Gasteiger partial charge in [0.2, 0.25) is 0 Å². The molecule has 0 radical (unpaired) electrons. The summed E-state index contributed by atoms with van der Waals surface area (Å²) in [5, 5.41) is 0. The lowest BCUT2D eigenvalue weighted by Crippen LogP contribution is -2.30. The molecule has 10 heteroatoms. The van der Waals surface area contributed by atoms with Gasteiger partial charge >= 0.3 is 0 Å². The lowest BCUT2D eigenvalue weighted by molar-refractivity contribution is -0.111. The van der Waals surface area contributed by atoms with Gasteiger partial charge in [0.25, 0.3) is 0 Å². The Bertz CT molecular complexity index is 652. The molecule has 0 spiro atoms. The summed E-state index contributed by atoms with van der Waals surface area (Å²) in [5.74, 6) is 1.04. The molecule has 0 aliphatic carbocycles. The van der Waals surface area contributed by atoms with Crippen molar-refractivity contribution in [1.29, 1.82) is 0 Å². The molecule has 0 saturated carbocycles. The molecule has 9 atom stereocenters. The van der Waals surface area contributed by atoms with Crippen LogP contribution in [0.4, 0.5) is 0 Å². The Morgan fingerprint density at radius 2 is 0.400 bits per heavy atom. The molecule has 0 bridgehead atoms. The summed E-state index contributed by atoms with van der Waals surface area (Å²) in [6.07, 6.45) is -0.162. The Hall–Kier alpha value is -0.400. The first-order valence-electron chi connectivity index (χ1n) is 17.3. The van der Waals surface area contributed by atoms with Crippen molar-refractivity contribution in [1.82, 2.24) is 0 Å². The number of rotatable bonds is 31. The highest BCUT2D eigenvalue weighted by molar-refractivity contribution is 4.60. The predicted molar refractivity (Wildman–Crippen MR) is 179 cm³/mol. The summed E-state index contributed by atoms with van der Waals surface area (Å²) in [4.78, 5) is 0. The fourth-order valence-corrected chi connectivity index (χ4v) is 3.66. The van der Waals surface area contributed by atoms with Gasteiger partial charge in [0.15, 0.2) is 0 Å². The molecule has 0 heterocycles. The zero-order valence-corrected chi connectivity index (χ0v) is 31.2. The first-order valence-corrected chi connectivity index (χ1v) is 17.3. The minimum atomic E-state index is -0.0585. The summed E-state index contributed by atoms with van der Waals surface area (Å²) >= 11 is 0. The molecular weight excluding hydrogens is 580 g/mol. The third kappa shape index (κ3) is 29.5. The van der Waals surface area contributed by atoms with E-state index in [0.29, 0.717) is 71.3 Å². The van der Waals surface area contributed by atoms with Crippen molar-refractivity contribution in [3.05, 3.63) is 0 Å². The third-order valence-corrected chi connectivity index (χ3v) is 6.44. The Morgan fingerprint density at radius 3 is 0.600 bits per heavy atom. The van der Waals surface area contributed by atoms with Gasteiger partial charge in [-0.05, 0) is 74.1 Å². The van der Waals surface area contributed by atoms with E-state index < -0.39 is 0 Å². The Labute approximate surface area is 276 Å². The molecule has 0 aromatic carbocycles. The van der Waals surface area contributed by atoms with Gasteiger partial charge in [-0.25, -0.2) is 0 Å². The van der Waals surface area contributed by atoms with Crippen LogP contribution in [0.15, 0.2) is 0 Å². The summed E-state index contributed by atoms with van der Waals surface area (Å²) in [7, 11) is 0. The van der Waals surface area contributed by atoms with E-state index in [-0.39, 0.29) is 54.9 Å². The van der Waals surface area contributed by atoms with E-state index in [0.717, 1.165) is 13.2 Å². The Morgan fingerprint density at radius 1 is 0.222 bits per heavy atom. The molecule has 45 heavy (non-hydrogen) atoms. The van der Waals surface area contributed by atoms with Crippen LogP contribution < -0.4 is 0 Å². The van der Waals surface area contributed by atoms with Crippen LogP contribution in [0.2, 0.25) is 0 Å². The molecule has 0 aliphatic heterocycles. The molecule has 0 aliphatic rings. The maximum atomic E-state index is 5.93. The van der Waals surface area contributed by atoms with Gasteiger partial charge in [0, 0.05) is 13.2 Å². The maximum Gasteiger partial charge on any atom is 0.0781 e. The van der Waals surface area contributed by atoms with Crippen LogP contribution >= 0.6 is 0 Å². The highest BCUT2D eigenvalue weighted by atomic mass is 16.6. The van der Waals surface area contributed by atoms with E-state index in [1.165, 1.54) is 0 Å². The fraction of sp³-hybridized carbons (Fsp3) is 1.00. The number of hydrogen-bond donors (Lipinski definition) is 0. The summed E-state index contributed by atoms with van der Waals surface area (Å²) in [6, 6.07) is 0. The highest BCUT2D eigenvalue weighted by Crippen LogP contribution is 2.07. The van der Waals surface area contributed by atoms with Gasteiger partial charge in [0.1, 0.15) is 0 Å². The molecule has 0 fully saturated rings. The number of ether oxygens (including phenoxy) is 10. The van der Waals surface area contributed by atoms with Crippen molar-refractivity contribution in [2.75, 3.05) is 72.7 Å². The average molecular weight is 653 g/mol. The maximum absolute atomic E-state index is 5.93. The van der Waals surface area contributed by atoms with Crippen molar-refractivity contribution in [2.24, 2.45) is 11.8 Å². The fourth-order valence-electron chi connectivity index (χ4n) is 3.66. The molecule has 0 saturated heterocycles. The molecule has 0 rings (SSSR count). The van der Waals surface area contributed by atoms with Crippen molar-refractivity contribution in [3.63, 3.8) is 0 Å². The zero-order chi connectivity index (χ0) is 34.2. The number of hydrogen-bond acceptors (Lipinski definition) is 10. The first-order chi connectivity index (χ1) is 21.2. The van der Waals surface area contributed by atoms with Crippen molar-refractivity contribution in [2.45, 2.75) is 145 Å². The molecule has 0 amide bonds. The largest absolute Gasteiger partial charge is 0.379 e. The predicted octanol–water partition coefficient (Wildman–Crippen LogP) is 5.96. The van der Waals surface area contributed by atoms with Gasteiger partial charge in [-0.15, -0.1) is 0 Å². The first kappa shape index (κ1) is 44.6. The zero-order valence-electron chi connectivity index (χ0n) is 31.2. The molecule has 0 aromatic rings. The van der Waals surface area contributed by atoms with Crippen LogP contribution in [0.5, 0.6) is 0 Å². The monoisotopic (exact) mass is 653 g/mol. The van der Waals surface area contributed by atoms with E-state index in [4.69, 9.17) is 47.4 Å². The molecule has 0 N–H and O–H groups in total. The quantitative estimate of drug-likeness (QED) is 0.0893. The molecule has 9 unspecified atom stereocenters. The molecule has 10 nitrogen and oxygen atoms in total. The van der Waals surface area contributed by atoms with E-state index in [1.807, 2.05) is 62.3 Å². The smallest absolute Gasteiger partial charge is 0.0781 e. The average Bonchev–Trinajstić information content (AvgIpc) is 2.98. The van der Waals surface area contributed by atoms with Crippen molar-refractivity contribution < 1.29 is 47.4 Å². The second-order valence-corrected chi connectivity index (χ2v) is 13.6. The third-order valence-electron chi connectivity index (χ3n) is 6.44. The van der Waals surface area contributed by atoms with Gasteiger partial charge in [-0.3, -0.25) is 0 Å².